The number of rotatable bonds is 12. The van der Waals surface area contributed by atoms with E-state index in [1.807, 2.05) is 6.92 Å². The molecule has 0 heterocycles. The molecule has 2 N–H and O–H groups in total. The Labute approximate surface area is 110 Å². The van der Waals surface area contributed by atoms with Gasteiger partial charge in [0.15, 0.2) is 0 Å². The normalized spacial score (nSPS) is 18.8. The molecule has 0 aromatic carbocycles. The van der Waals surface area contributed by atoms with Crippen LogP contribution < -0.4 is 5.32 Å². The maximum Gasteiger partial charge on any atom is 0.0897 e. The topological polar surface area (TPSA) is 60.0 Å². The van der Waals surface area contributed by atoms with E-state index in [0.29, 0.717) is 26.4 Å². The summed E-state index contributed by atoms with van der Waals surface area (Å²) in [5.41, 5.74) is 0. The molecular weight excluding hydrogens is 234 g/mol. The van der Waals surface area contributed by atoms with E-state index in [0.717, 1.165) is 19.1 Å². The molecule has 1 saturated carbocycles. The monoisotopic (exact) mass is 261 g/mol. The smallest absolute Gasteiger partial charge is 0.0897 e. The predicted molar refractivity (Wildman–Crippen MR) is 69.7 cm³/mol. The summed E-state index contributed by atoms with van der Waals surface area (Å²) in [6.07, 6.45) is 2.19. The van der Waals surface area contributed by atoms with Crippen molar-refractivity contribution in [2.45, 2.75) is 32.0 Å². The van der Waals surface area contributed by atoms with Crippen molar-refractivity contribution in [2.75, 3.05) is 46.6 Å². The Bertz CT molecular complexity index is 199. The zero-order valence-corrected chi connectivity index (χ0v) is 11.6. The van der Waals surface area contributed by atoms with Crippen LogP contribution in [-0.4, -0.2) is 63.9 Å². The molecule has 0 aliphatic heterocycles. The number of hydrogen-bond donors (Lipinski definition) is 2. The molecule has 0 spiro atoms. The highest BCUT2D eigenvalue weighted by molar-refractivity contribution is 4.72. The Morgan fingerprint density at radius 2 is 2.11 bits per heavy atom. The molecule has 1 aliphatic rings. The van der Waals surface area contributed by atoms with Crippen LogP contribution in [-0.2, 0) is 14.2 Å². The van der Waals surface area contributed by atoms with Crippen LogP contribution in [0, 0.1) is 5.92 Å². The van der Waals surface area contributed by atoms with Crippen molar-refractivity contribution in [3.63, 3.8) is 0 Å². The Balaban J connectivity index is 1.81. The molecule has 2 unspecified atom stereocenters. The van der Waals surface area contributed by atoms with Crippen LogP contribution in [0.4, 0.5) is 0 Å². The van der Waals surface area contributed by atoms with Gasteiger partial charge in [-0.2, -0.15) is 0 Å². The van der Waals surface area contributed by atoms with Gasteiger partial charge in [-0.3, -0.25) is 0 Å². The van der Waals surface area contributed by atoms with Crippen LogP contribution in [0.1, 0.15) is 19.8 Å². The van der Waals surface area contributed by atoms with E-state index in [1.165, 1.54) is 12.8 Å². The fraction of sp³-hybridized carbons (Fsp3) is 1.00. The Morgan fingerprint density at radius 1 is 1.33 bits per heavy atom. The average Bonchev–Trinajstić information content (AvgIpc) is 3.15. The van der Waals surface area contributed by atoms with Crippen molar-refractivity contribution >= 4 is 0 Å². The van der Waals surface area contributed by atoms with Gasteiger partial charge >= 0.3 is 0 Å². The summed E-state index contributed by atoms with van der Waals surface area (Å²) < 4.78 is 15.8. The van der Waals surface area contributed by atoms with Crippen molar-refractivity contribution in [1.29, 1.82) is 0 Å². The van der Waals surface area contributed by atoms with Gasteiger partial charge in [0.1, 0.15) is 0 Å². The highest BCUT2D eigenvalue weighted by Gasteiger charge is 2.20. The van der Waals surface area contributed by atoms with Crippen molar-refractivity contribution in [1.82, 2.24) is 5.32 Å². The lowest BCUT2D eigenvalue weighted by molar-refractivity contribution is -0.0313. The maximum atomic E-state index is 9.65. The van der Waals surface area contributed by atoms with E-state index in [-0.39, 0.29) is 6.10 Å². The van der Waals surface area contributed by atoms with Gasteiger partial charge in [-0.1, -0.05) is 0 Å². The summed E-state index contributed by atoms with van der Waals surface area (Å²) in [4.78, 5) is 0. The molecule has 5 heteroatoms. The first-order chi connectivity index (χ1) is 8.72. The molecule has 108 valence electrons. The quantitative estimate of drug-likeness (QED) is 0.498. The number of aliphatic hydroxyl groups is 1. The molecular formula is C13H27NO4. The molecule has 0 bridgehead atoms. The van der Waals surface area contributed by atoms with Crippen LogP contribution in [0.3, 0.4) is 0 Å². The second-order valence-corrected chi connectivity index (χ2v) is 4.98. The predicted octanol–water partition coefficient (Wildman–Crippen LogP) is 0.415. The third-order valence-corrected chi connectivity index (χ3v) is 2.83. The molecule has 1 aliphatic carbocycles. The SMILES string of the molecule is COCC(C)OCC(O)CNCCOCC1CC1. The van der Waals surface area contributed by atoms with Crippen LogP contribution in [0.25, 0.3) is 0 Å². The van der Waals surface area contributed by atoms with Gasteiger partial charge in [0.2, 0.25) is 0 Å². The first-order valence-electron chi connectivity index (χ1n) is 6.79. The fourth-order valence-electron chi connectivity index (χ4n) is 1.56. The first-order valence-corrected chi connectivity index (χ1v) is 6.79. The standard InChI is InChI=1S/C13H27NO4/c1-11(8-16-2)18-10-13(15)7-14-5-6-17-9-12-3-4-12/h11-15H,3-10H2,1-2H3. The van der Waals surface area contributed by atoms with Crippen molar-refractivity contribution in [2.24, 2.45) is 5.92 Å². The van der Waals surface area contributed by atoms with Gasteiger partial charge in [-0.25, -0.2) is 0 Å². The van der Waals surface area contributed by atoms with Crippen molar-refractivity contribution in [3.05, 3.63) is 0 Å². The number of aliphatic hydroxyl groups excluding tert-OH is 1. The van der Waals surface area contributed by atoms with Crippen molar-refractivity contribution in [3.8, 4) is 0 Å². The van der Waals surface area contributed by atoms with Crippen molar-refractivity contribution < 1.29 is 19.3 Å². The lowest BCUT2D eigenvalue weighted by Gasteiger charge is -2.16. The molecule has 0 aromatic rings. The lowest BCUT2D eigenvalue weighted by Crippen LogP contribution is -2.34. The summed E-state index contributed by atoms with van der Waals surface area (Å²) in [6.45, 7) is 5.72. The molecule has 5 nitrogen and oxygen atoms in total. The Hall–Kier alpha value is -0.200. The average molecular weight is 261 g/mol. The molecule has 18 heavy (non-hydrogen) atoms. The van der Waals surface area contributed by atoms with E-state index in [9.17, 15) is 5.11 Å². The molecule has 0 radical (unpaired) electrons. The van der Waals surface area contributed by atoms with E-state index in [4.69, 9.17) is 14.2 Å². The van der Waals surface area contributed by atoms with Gasteiger partial charge in [-0.15, -0.1) is 0 Å². The Kier molecular flexibility index (Phi) is 8.54. The zero-order valence-electron chi connectivity index (χ0n) is 11.6. The second-order valence-electron chi connectivity index (χ2n) is 4.98. The number of hydrogen-bond acceptors (Lipinski definition) is 5. The number of ether oxygens (including phenoxy) is 3. The summed E-state index contributed by atoms with van der Waals surface area (Å²) in [5.74, 6) is 0.811. The van der Waals surface area contributed by atoms with Gasteiger partial charge in [0.05, 0.1) is 32.0 Å². The third kappa shape index (κ3) is 8.83. The minimum absolute atomic E-state index is 0.0199. The third-order valence-electron chi connectivity index (χ3n) is 2.83. The minimum atomic E-state index is -0.479. The van der Waals surface area contributed by atoms with Gasteiger partial charge < -0.3 is 24.6 Å². The van der Waals surface area contributed by atoms with Crippen LogP contribution >= 0.6 is 0 Å². The van der Waals surface area contributed by atoms with Gasteiger partial charge in [-0.05, 0) is 25.7 Å². The van der Waals surface area contributed by atoms with Crippen LogP contribution in [0.5, 0.6) is 0 Å². The van der Waals surface area contributed by atoms with Gasteiger partial charge in [0, 0.05) is 26.8 Å². The molecule has 2 atom stereocenters. The molecule has 0 saturated heterocycles. The number of methoxy groups -OCH3 is 1. The second kappa shape index (κ2) is 9.69. The molecule has 0 aromatic heterocycles. The maximum absolute atomic E-state index is 9.65. The van der Waals surface area contributed by atoms with E-state index < -0.39 is 6.10 Å². The fourth-order valence-corrected chi connectivity index (χ4v) is 1.56. The van der Waals surface area contributed by atoms with E-state index in [2.05, 4.69) is 5.32 Å². The van der Waals surface area contributed by atoms with Gasteiger partial charge in [0.25, 0.3) is 0 Å². The van der Waals surface area contributed by atoms with Crippen LogP contribution in [0.15, 0.2) is 0 Å². The summed E-state index contributed by atoms with van der Waals surface area (Å²) in [5, 5.41) is 12.8. The zero-order chi connectivity index (χ0) is 13.2. The molecule has 0 amide bonds. The minimum Gasteiger partial charge on any atom is -0.389 e. The lowest BCUT2D eigenvalue weighted by atomic mass is 10.3. The summed E-state index contributed by atoms with van der Waals surface area (Å²) in [6, 6.07) is 0. The number of nitrogens with one attached hydrogen (secondary N) is 1. The highest BCUT2D eigenvalue weighted by atomic mass is 16.5. The first kappa shape index (κ1) is 15.9. The van der Waals surface area contributed by atoms with E-state index >= 15 is 0 Å². The molecule has 1 rings (SSSR count). The summed E-state index contributed by atoms with van der Waals surface area (Å²) >= 11 is 0. The molecule has 1 fully saturated rings. The van der Waals surface area contributed by atoms with Crippen LogP contribution in [0.2, 0.25) is 0 Å². The Morgan fingerprint density at radius 3 is 2.78 bits per heavy atom. The largest absolute Gasteiger partial charge is 0.389 e. The summed E-state index contributed by atoms with van der Waals surface area (Å²) in [7, 11) is 1.64. The highest BCUT2D eigenvalue weighted by Crippen LogP contribution is 2.28. The van der Waals surface area contributed by atoms with E-state index in [1.54, 1.807) is 7.11 Å².